The SMILES string of the molecule is CCCc1nc(C(=O)O)ccc1Br. The number of hydrogen-bond acceptors (Lipinski definition) is 2. The predicted molar refractivity (Wildman–Crippen MR) is 52.9 cm³/mol. The Bertz CT molecular complexity index is 325. The van der Waals surface area contributed by atoms with E-state index in [1.807, 2.05) is 6.92 Å². The lowest BCUT2D eigenvalue weighted by molar-refractivity contribution is 0.0690. The minimum absolute atomic E-state index is 0.103. The van der Waals surface area contributed by atoms with Crippen LogP contribution in [-0.4, -0.2) is 16.1 Å². The fraction of sp³-hybridized carbons (Fsp3) is 0.333. The Labute approximate surface area is 84.9 Å². The van der Waals surface area contributed by atoms with E-state index < -0.39 is 5.97 Å². The molecular formula is C9H10BrNO2. The standard InChI is InChI=1S/C9H10BrNO2/c1-2-3-7-6(10)4-5-8(11-7)9(12)13/h4-5H,2-3H2,1H3,(H,12,13). The Morgan fingerprint density at radius 2 is 2.31 bits per heavy atom. The second-order valence-electron chi connectivity index (χ2n) is 2.68. The Balaban J connectivity index is 3.03. The van der Waals surface area contributed by atoms with Crippen molar-refractivity contribution < 1.29 is 9.90 Å². The van der Waals surface area contributed by atoms with Crippen LogP contribution in [0, 0.1) is 0 Å². The lowest BCUT2D eigenvalue weighted by atomic mass is 10.2. The normalized spacial score (nSPS) is 10.0. The second kappa shape index (κ2) is 4.37. The molecule has 3 nitrogen and oxygen atoms in total. The maximum Gasteiger partial charge on any atom is 0.354 e. The maximum absolute atomic E-state index is 10.6. The average molecular weight is 244 g/mol. The highest BCUT2D eigenvalue weighted by molar-refractivity contribution is 9.10. The summed E-state index contributed by atoms with van der Waals surface area (Å²) in [6.45, 7) is 2.03. The maximum atomic E-state index is 10.6. The highest BCUT2D eigenvalue weighted by atomic mass is 79.9. The molecule has 13 heavy (non-hydrogen) atoms. The number of halogens is 1. The van der Waals surface area contributed by atoms with Crippen LogP contribution < -0.4 is 0 Å². The van der Waals surface area contributed by atoms with Crippen LogP contribution in [-0.2, 0) is 6.42 Å². The number of rotatable bonds is 3. The highest BCUT2D eigenvalue weighted by Gasteiger charge is 2.07. The average Bonchev–Trinajstić information content (AvgIpc) is 2.08. The van der Waals surface area contributed by atoms with Crippen molar-refractivity contribution in [1.82, 2.24) is 4.98 Å². The Kier molecular flexibility index (Phi) is 3.42. The van der Waals surface area contributed by atoms with Gasteiger partial charge in [-0.15, -0.1) is 0 Å². The third-order valence-electron chi connectivity index (χ3n) is 1.62. The van der Waals surface area contributed by atoms with Gasteiger partial charge in [0.1, 0.15) is 5.69 Å². The van der Waals surface area contributed by atoms with E-state index in [0.29, 0.717) is 0 Å². The molecule has 0 radical (unpaired) electrons. The van der Waals surface area contributed by atoms with Gasteiger partial charge in [-0.2, -0.15) is 0 Å². The minimum Gasteiger partial charge on any atom is -0.477 e. The van der Waals surface area contributed by atoms with Crippen LogP contribution >= 0.6 is 15.9 Å². The number of hydrogen-bond donors (Lipinski definition) is 1. The first kappa shape index (κ1) is 10.2. The first-order chi connectivity index (χ1) is 6.15. The van der Waals surface area contributed by atoms with Crippen molar-refractivity contribution in [3.05, 3.63) is 28.0 Å². The third kappa shape index (κ3) is 2.52. The van der Waals surface area contributed by atoms with Gasteiger partial charge >= 0.3 is 5.97 Å². The summed E-state index contributed by atoms with van der Waals surface area (Å²) in [6.07, 6.45) is 1.75. The Morgan fingerprint density at radius 1 is 1.62 bits per heavy atom. The molecule has 4 heteroatoms. The van der Waals surface area contributed by atoms with Crippen molar-refractivity contribution in [2.45, 2.75) is 19.8 Å². The van der Waals surface area contributed by atoms with Gasteiger partial charge in [0.15, 0.2) is 0 Å². The summed E-state index contributed by atoms with van der Waals surface area (Å²) in [5.74, 6) is -0.982. The van der Waals surface area contributed by atoms with Gasteiger partial charge in [-0.25, -0.2) is 9.78 Å². The van der Waals surface area contributed by atoms with E-state index >= 15 is 0 Å². The second-order valence-corrected chi connectivity index (χ2v) is 3.53. The number of carboxylic acid groups (broad SMARTS) is 1. The summed E-state index contributed by atoms with van der Waals surface area (Å²) in [7, 11) is 0. The van der Waals surface area contributed by atoms with E-state index in [4.69, 9.17) is 5.11 Å². The van der Waals surface area contributed by atoms with Crippen molar-refractivity contribution in [3.63, 3.8) is 0 Å². The van der Waals surface area contributed by atoms with Crippen molar-refractivity contribution in [2.24, 2.45) is 0 Å². The molecule has 1 heterocycles. The molecule has 1 rings (SSSR count). The molecule has 0 fully saturated rings. The van der Waals surface area contributed by atoms with Gasteiger partial charge in [-0.3, -0.25) is 0 Å². The molecule has 0 amide bonds. The molecule has 0 aliphatic heterocycles. The summed E-state index contributed by atoms with van der Waals surface area (Å²) in [5, 5.41) is 8.69. The Morgan fingerprint density at radius 3 is 2.85 bits per heavy atom. The summed E-state index contributed by atoms with van der Waals surface area (Å²) in [4.78, 5) is 14.6. The van der Waals surface area contributed by atoms with Crippen LogP contribution in [0.25, 0.3) is 0 Å². The van der Waals surface area contributed by atoms with Gasteiger partial charge in [0.05, 0.1) is 5.69 Å². The summed E-state index contributed by atoms with van der Waals surface area (Å²) < 4.78 is 0.874. The monoisotopic (exact) mass is 243 g/mol. The van der Waals surface area contributed by atoms with Gasteiger partial charge in [0.25, 0.3) is 0 Å². The zero-order chi connectivity index (χ0) is 9.84. The minimum atomic E-state index is -0.982. The molecule has 0 saturated carbocycles. The number of carbonyl (C=O) groups is 1. The quantitative estimate of drug-likeness (QED) is 0.888. The van der Waals surface area contributed by atoms with Crippen molar-refractivity contribution in [2.75, 3.05) is 0 Å². The number of nitrogens with zero attached hydrogens (tertiary/aromatic N) is 1. The molecule has 0 unspecified atom stereocenters. The third-order valence-corrected chi connectivity index (χ3v) is 2.35. The van der Waals surface area contributed by atoms with Crippen LogP contribution in [0.2, 0.25) is 0 Å². The summed E-state index contributed by atoms with van der Waals surface area (Å²) in [6, 6.07) is 3.22. The number of aromatic carboxylic acids is 1. The summed E-state index contributed by atoms with van der Waals surface area (Å²) in [5.41, 5.74) is 0.911. The predicted octanol–water partition coefficient (Wildman–Crippen LogP) is 2.49. The van der Waals surface area contributed by atoms with Crippen LogP contribution in [0.1, 0.15) is 29.5 Å². The molecule has 0 aliphatic rings. The molecule has 70 valence electrons. The van der Waals surface area contributed by atoms with Crippen LogP contribution in [0.3, 0.4) is 0 Å². The molecule has 1 N–H and O–H groups in total. The van der Waals surface area contributed by atoms with E-state index in [2.05, 4.69) is 20.9 Å². The fourth-order valence-electron chi connectivity index (χ4n) is 1.02. The number of carboxylic acids is 1. The first-order valence-corrected chi connectivity index (χ1v) is 4.83. The first-order valence-electron chi connectivity index (χ1n) is 4.04. The van der Waals surface area contributed by atoms with Gasteiger partial charge in [-0.1, -0.05) is 13.3 Å². The molecule has 0 aromatic carbocycles. The van der Waals surface area contributed by atoms with Crippen molar-refractivity contribution in [3.8, 4) is 0 Å². The van der Waals surface area contributed by atoms with Crippen LogP contribution in [0.4, 0.5) is 0 Å². The molecule has 0 atom stereocenters. The van der Waals surface area contributed by atoms with E-state index in [1.165, 1.54) is 6.07 Å². The van der Waals surface area contributed by atoms with E-state index in [-0.39, 0.29) is 5.69 Å². The molecule has 0 spiro atoms. The van der Waals surface area contributed by atoms with E-state index in [1.54, 1.807) is 6.07 Å². The molecule has 0 bridgehead atoms. The zero-order valence-electron chi connectivity index (χ0n) is 7.25. The Hall–Kier alpha value is -0.900. The largest absolute Gasteiger partial charge is 0.477 e. The number of aromatic nitrogens is 1. The van der Waals surface area contributed by atoms with Crippen molar-refractivity contribution in [1.29, 1.82) is 0 Å². The lowest BCUT2D eigenvalue weighted by Gasteiger charge is -2.02. The fourth-order valence-corrected chi connectivity index (χ4v) is 1.43. The molecule has 1 aromatic heterocycles. The van der Waals surface area contributed by atoms with Gasteiger partial charge in [0.2, 0.25) is 0 Å². The van der Waals surface area contributed by atoms with E-state index in [0.717, 1.165) is 23.0 Å². The van der Waals surface area contributed by atoms with Gasteiger partial charge < -0.3 is 5.11 Å². The smallest absolute Gasteiger partial charge is 0.354 e. The molecule has 0 saturated heterocycles. The zero-order valence-corrected chi connectivity index (χ0v) is 8.84. The van der Waals surface area contributed by atoms with Gasteiger partial charge in [0, 0.05) is 4.47 Å². The van der Waals surface area contributed by atoms with Crippen LogP contribution in [0.15, 0.2) is 16.6 Å². The molecule has 0 aliphatic carbocycles. The number of pyridine rings is 1. The molecular weight excluding hydrogens is 234 g/mol. The molecule has 1 aromatic rings. The topological polar surface area (TPSA) is 50.2 Å². The van der Waals surface area contributed by atoms with E-state index in [9.17, 15) is 4.79 Å². The highest BCUT2D eigenvalue weighted by Crippen LogP contribution is 2.16. The summed E-state index contributed by atoms with van der Waals surface area (Å²) >= 11 is 3.33. The van der Waals surface area contributed by atoms with Gasteiger partial charge in [-0.05, 0) is 34.5 Å². The van der Waals surface area contributed by atoms with Crippen LogP contribution in [0.5, 0.6) is 0 Å². The number of aryl methyl sites for hydroxylation is 1. The lowest BCUT2D eigenvalue weighted by Crippen LogP contribution is -2.03. The van der Waals surface area contributed by atoms with Crippen molar-refractivity contribution >= 4 is 21.9 Å².